The Balaban J connectivity index is 2.78. The smallest absolute Gasteiger partial charge is 0.501 e. The molecule has 0 heterocycles. The minimum atomic E-state index is -2.60. The molecule has 0 aliphatic carbocycles. The van der Waals surface area contributed by atoms with E-state index in [1.165, 1.54) is 0 Å². The van der Waals surface area contributed by atoms with E-state index in [0.29, 0.717) is 6.04 Å². The molecule has 0 fully saturated rings. The minimum absolute atomic E-state index is 0.592. The molecular weight excluding hydrogens is 208 g/mol. The molecule has 3 nitrogen and oxygen atoms in total. The maximum Gasteiger partial charge on any atom is 0.569 e. The van der Waals surface area contributed by atoms with Crippen LogP contribution in [0.5, 0.6) is 5.75 Å². The third-order valence-corrected chi connectivity index (χ3v) is 4.61. The van der Waals surface area contributed by atoms with Gasteiger partial charge in [-0.3, -0.25) is 0 Å². The largest absolute Gasteiger partial charge is 0.569 e. The van der Waals surface area contributed by atoms with Crippen LogP contribution in [0.2, 0.25) is 6.04 Å². The number of hydrogen-bond donors (Lipinski definition) is 0. The topological polar surface area (TPSA) is 27.7 Å². The van der Waals surface area contributed by atoms with Gasteiger partial charge in [0.25, 0.3) is 0 Å². The molecule has 0 aliphatic rings. The summed E-state index contributed by atoms with van der Waals surface area (Å²) in [4.78, 5) is 0. The molecule has 0 unspecified atom stereocenters. The first-order valence-corrected chi connectivity index (χ1v) is 6.65. The first kappa shape index (κ1) is 12.0. The van der Waals surface area contributed by atoms with E-state index in [-0.39, 0.29) is 0 Å². The molecule has 0 amide bonds. The minimum Gasteiger partial charge on any atom is -0.501 e. The second-order valence-electron chi connectivity index (χ2n) is 3.00. The molecule has 82 valence electrons. The van der Waals surface area contributed by atoms with E-state index in [2.05, 4.69) is 6.58 Å². The summed E-state index contributed by atoms with van der Waals surface area (Å²) in [5.74, 6) is 0.759. The van der Waals surface area contributed by atoms with Crippen LogP contribution in [0.25, 0.3) is 0 Å². The van der Waals surface area contributed by atoms with Gasteiger partial charge in [0.05, 0.1) is 0 Å². The Morgan fingerprint density at radius 2 is 1.80 bits per heavy atom. The third kappa shape index (κ3) is 3.19. The van der Waals surface area contributed by atoms with Crippen LogP contribution in [0.1, 0.15) is 0 Å². The fourth-order valence-corrected chi connectivity index (χ4v) is 2.82. The first-order chi connectivity index (χ1) is 7.26. The Kier molecular flexibility index (Phi) is 4.55. The van der Waals surface area contributed by atoms with Gasteiger partial charge < -0.3 is 13.3 Å². The molecule has 1 aromatic carbocycles. The Morgan fingerprint density at radius 1 is 1.20 bits per heavy atom. The molecule has 0 aromatic heterocycles. The van der Waals surface area contributed by atoms with E-state index in [1.54, 1.807) is 20.3 Å². The van der Waals surface area contributed by atoms with Gasteiger partial charge in [-0.05, 0) is 12.1 Å². The predicted octanol–water partition coefficient (Wildman–Crippen LogP) is 2.48. The first-order valence-electron chi connectivity index (χ1n) is 4.71. The average molecular weight is 224 g/mol. The fourth-order valence-electron chi connectivity index (χ4n) is 1.22. The average Bonchev–Trinajstić information content (AvgIpc) is 2.30. The monoisotopic (exact) mass is 224 g/mol. The maximum atomic E-state index is 5.76. The number of hydrogen-bond acceptors (Lipinski definition) is 3. The van der Waals surface area contributed by atoms with E-state index in [1.807, 2.05) is 30.3 Å². The van der Waals surface area contributed by atoms with Crippen LogP contribution in [0.4, 0.5) is 0 Å². The summed E-state index contributed by atoms with van der Waals surface area (Å²) in [6, 6.07) is 10.1. The van der Waals surface area contributed by atoms with Gasteiger partial charge in [-0.15, -0.1) is 6.58 Å². The molecule has 0 atom stereocenters. The lowest BCUT2D eigenvalue weighted by Crippen LogP contribution is -2.46. The van der Waals surface area contributed by atoms with E-state index in [4.69, 9.17) is 13.3 Å². The summed E-state index contributed by atoms with van der Waals surface area (Å²) in [6.07, 6.45) is 1.75. The van der Waals surface area contributed by atoms with Crippen LogP contribution in [0.3, 0.4) is 0 Å². The van der Waals surface area contributed by atoms with Crippen LogP contribution in [-0.4, -0.2) is 23.0 Å². The van der Waals surface area contributed by atoms with Gasteiger partial charge in [0, 0.05) is 20.3 Å². The van der Waals surface area contributed by atoms with Gasteiger partial charge >= 0.3 is 8.80 Å². The molecular formula is C11H16O3Si. The maximum absolute atomic E-state index is 5.76. The van der Waals surface area contributed by atoms with Gasteiger partial charge in [-0.25, -0.2) is 0 Å². The van der Waals surface area contributed by atoms with Crippen molar-refractivity contribution < 1.29 is 13.3 Å². The number of para-hydroxylation sites is 1. The molecule has 0 radical (unpaired) electrons. The molecule has 0 aliphatic heterocycles. The summed E-state index contributed by atoms with van der Waals surface area (Å²) in [5, 5.41) is 0. The zero-order chi connectivity index (χ0) is 11.1. The van der Waals surface area contributed by atoms with Crippen molar-refractivity contribution in [3.05, 3.63) is 43.0 Å². The number of allylic oxidation sites excluding steroid dienone is 1. The zero-order valence-electron chi connectivity index (χ0n) is 9.10. The van der Waals surface area contributed by atoms with Crippen molar-refractivity contribution in [2.75, 3.05) is 14.2 Å². The highest BCUT2D eigenvalue weighted by Gasteiger charge is 2.39. The highest BCUT2D eigenvalue weighted by Crippen LogP contribution is 2.19. The van der Waals surface area contributed by atoms with Crippen LogP contribution in [0.15, 0.2) is 43.0 Å². The molecule has 1 rings (SSSR count). The third-order valence-electron chi connectivity index (χ3n) is 2.03. The fraction of sp³-hybridized carbons (Fsp3) is 0.273. The summed E-state index contributed by atoms with van der Waals surface area (Å²) in [7, 11) is 0.596. The van der Waals surface area contributed by atoms with Gasteiger partial charge in [0.15, 0.2) is 0 Å². The zero-order valence-corrected chi connectivity index (χ0v) is 10.1. The number of benzene rings is 1. The Hall–Kier alpha value is -1.10. The molecule has 4 heteroatoms. The van der Waals surface area contributed by atoms with E-state index in [0.717, 1.165) is 5.75 Å². The van der Waals surface area contributed by atoms with Gasteiger partial charge in [0.1, 0.15) is 5.75 Å². The van der Waals surface area contributed by atoms with Crippen molar-refractivity contribution in [1.29, 1.82) is 0 Å². The van der Waals surface area contributed by atoms with Crippen molar-refractivity contribution in [3.63, 3.8) is 0 Å². The quantitative estimate of drug-likeness (QED) is 0.549. The molecule has 0 bridgehead atoms. The molecule has 0 saturated heterocycles. The second kappa shape index (κ2) is 5.70. The summed E-state index contributed by atoms with van der Waals surface area (Å²) >= 11 is 0. The SMILES string of the molecule is C=CC[Si](OC)(OC)Oc1ccccc1. The van der Waals surface area contributed by atoms with E-state index in [9.17, 15) is 0 Å². The molecule has 0 N–H and O–H groups in total. The molecule has 15 heavy (non-hydrogen) atoms. The van der Waals surface area contributed by atoms with Crippen molar-refractivity contribution in [2.45, 2.75) is 6.04 Å². The predicted molar refractivity (Wildman–Crippen MR) is 61.8 cm³/mol. The van der Waals surface area contributed by atoms with Crippen molar-refractivity contribution in [1.82, 2.24) is 0 Å². The van der Waals surface area contributed by atoms with Gasteiger partial charge in [-0.2, -0.15) is 0 Å². The van der Waals surface area contributed by atoms with Gasteiger partial charge in [-0.1, -0.05) is 24.3 Å². The van der Waals surface area contributed by atoms with Gasteiger partial charge in [0.2, 0.25) is 0 Å². The number of rotatable bonds is 6. The lowest BCUT2D eigenvalue weighted by Gasteiger charge is -2.25. The van der Waals surface area contributed by atoms with Crippen LogP contribution >= 0.6 is 0 Å². The Bertz CT molecular complexity index is 296. The second-order valence-corrected chi connectivity index (χ2v) is 5.79. The van der Waals surface area contributed by atoms with Crippen LogP contribution < -0.4 is 4.43 Å². The van der Waals surface area contributed by atoms with Crippen molar-refractivity contribution >= 4 is 8.80 Å². The van der Waals surface area contributed by atoms with Crippen LogP contribution in [0, 0.1) is 0 Å². The van der Waals surface area contributed by atoms with Crippen molar-refractivity contribution in [3.8, 4) is 5.75 Å². The van der Waals surface area contributed by atoms with E-state index >= 15 is 0 Å². The Morgan fingerprint density at radius 3 is 2.27 bits per heavy atom. The summed E-state index contributed by atoms with van der Waals surface area (Å²) < 4.78 is 16.5. The van der Waals surface area contributed by atoms with Crippen LogP contribution in [-0.2, 0) is 8.85 Å². The molecule has 1 aromatic rings. The summed E-state index contributed by atoms with van der Waals surface area (Å²) in [6.45, 7) is 3.68. The Labute approximate surface area is 91.7 Å². The normalized spacial score (nSPS) is 11.1. The standard InChI is InChI=1S/C11H16O3Si/c1-4-10-15(12-2,13-3)14-11-8-6-5-7-9-11/h4-9H,1,10H2,2-3H3. The lowest BCUT2D eigenvalue weighted by molar-refractivity contribution is 0.164. The lowest BCUT2D eigenvalue weighted by atomic mass is 10.3. The van der Waals surface area contributed by atoms with E-state index < -0.39 is 8.80 Å². The summed E-state index contributed by atoms with van der Waals surface area (Å²) in [5.41, 5.74) is 0. The molecule has 0 spiro atoms. The highest BCUT2D eigenvalue weighted by atomic mass is 28.4. The highest BCUT2D eigenvalue weighted by molar-refractivity contribution is 6.61. The van der Waals surface area contributed by atoms with Crippen molar-refractivity contribution in [2.24, 2.45) is 0 Å². The molecule has 0 saturated carbocycles.